The van der Waals surface area contributed by atoms with E-state index in [1.54, 1.807) is 29.2 Å². The van der Waals surface area contributed by atoms with Crippen LogP contribution < -0.4 is 4.90 Å². The van der Waals surface area contributed by atoms with Gasteiger partial charge in [0.2, 0.25) is 0 Å². The highest BCUT2D eigenvalue weighted by molar-refractivity contribution is 5.93. The van der Waals surface area contributed by atoms with Gasteiger partial charge in [-0.25, -0.2) is 14.2 Å². The Bertz CT molecular complexity index is 602. The van der Waals surface area contributed by atoms with Crippen molar-refractivity contribution in [3.63, 3.8) is 0 Å². The topological polar surface area (TPSA) is 53.4 Å². The van der Waals surface area contributed by atoms with Gasteiger partial charge in [-0.3, -0.25) is 0 Å². The van der Waals surface area contributed by atoms with Crippen molar-refractivity contribution in [1.82, 2.24) is 4.98 Å². The van der Waals surface area contributed by atoms with Crippen LogP contribution in [0, 0.1) is 5.82 Å². The summed E-state index contributed by atoms with van der Waals surface area (Å²) in [4.78, 5) is 16.7. The minimum atomic E-state index is -1.11. The molecule has 98 valence electrons. The fourth-order valence-corrected chi connectivity index (χ4v) is 1.92. The van der Waals surface area contributed by atoms with Gasteiger partial charge in [-0.05, 0) is 37.3 Å². The number of hydrogen-bond acceptors (Lipinski definition) is 3. The summed E-state index contributed by atoms with van der Waals surface area (Å²) in [5.41, 5.74) is 0.995. The molecule has 2 rings (SSSR count). The fraction of sp³-hybridized carbons (Fsp3) is 0.143. The van der Waals surface area contributed by atoms with Gasteiger partial charge in [-0.15, -0.1) is 0 Å². The van der Waals surface area contributed by atoms with E-state index in [2.05, 4.69) is 4.98 Å². The van der Waals surface area contributed by atoms with Gasteiger partial charge in [0.1, 0.15) is 5.82 Å². The maximum Gasteiger partial charge on any atom is 0.356 e. The molecule has 0 aliphatic heterocycles. The van der Waals surface area contributed by atoms with Crippen LogP contribution in [0.3, 0.4) is 0 Å². The lowest BCUT2D eigenvalue weighted by molar-refractivity contribution is 0.0691. The maximum absolute atomic E-state index is 13.3. The molecule has 4 nitrogen and oxygen atoms in total. The SMILES string of the molecule is CCN(c1cccc(F)c1)c1cccnc1C(=O)O. The molecule has 0 saturated carbocycles. The molecule has 0 spiro atoms. The van der Waals surface area contributed by atoms with Gasteiger partial charge in [-0.1, -0.05) is 6.07 Å². The normalized spacial score (nSPS) is 10.2. The minimum Gasteiger partial charge on any atom is -0.476 e. The van der Waals surface area contributed by atoms with Crippen molar-refractivity contribution < 1.29 is 14.3 Å². The van der Waals surface area contributed by atoms with Crippen LogP contribution in [0.1, 0.15) is 17.4 Å². The van der Waals surface area contributed by atoms with Crippen LogP contribution in [-0.4, -0.2) is 22.6 Å². The Labute approximate surface area is 110 Å². The van der Waals surface area contributed by atoms with Gasteiger partial charge >= 0.3 is 5.97 Å². The molecule has 1 aromatic carbocycles. The lowest BCUT2D eigenvalue weighted by atomic mass is 10.2. The van der Waals surface area contributed by atoms with Gasteiger partial charge in [0, 0.05) is 18.4 Å². The molecule has 0 atom stereocenters. The van der Waals surface area contributed by atoms with Crippen LogP contribution in [0.5, 0.6) is 0 Å². The first-order valence-electron chi connectivity index (χ1n) is 5.85. The second kappa shape index (κ2) is 5.48. The van der Waals surface area contributed by atoms with Crippen LogP contribution in [-0.2, 0) is 0 Å². The van der Waals surface area contributed by atoms with Crippen molar-refractivity contribution in [2.24, 2.45) is 0 Å². The van der Waals surface area contributed by atoms with E-state index in [4.69, 9.17) is 5.11 Å². The van der Waals surface area contributed by atoms with E-state index in [1.165, 1.54) is 18.3 Å². The Morgan fingerprint density at radius 1 is 1.37 bits per heavy atom. The summed E-state index contributed by atoms with van der Waals surface area (Å²) in [6, 6.07) is 9.34. The van der Waals surface area contributed by atoms with E-state index < -0.39 is 5.97 Å². The van der Waals surface area contributed by atoms with Gasteiger partial charge in [0.15, 0.2) is 5.69 Å². The molecule has 5 heteroatoms. The number of pyridine rings is 1. The molecule has 1 heterocycles. The number of carboxylic acids is 1. The largest absolute Gasteiger partial charge is 0.476 e. The molecule has 1 N–H and O–H groups in total. The lowest BCUT2D eigenvalue weighted by Crippen LogP contribution is -2.20. The average molecular weight is 260 g/mol. The van der Waals surface area contributed by atoms with E-state index in [9.17, 15) is 9.18 Å². The second-order valence-corrected chi connectivity index (χ2v) is 3.90. The second-order valence-electron chi connectivity index (χ2n) is 3.90. The van der Waals surface area contributed by atoms with Gasteiger partial charge in [-0.2, -0.15) is 0 Å². The van der Waals surface area contributed by atoms with E-state index in [0.29, 0.717) is 17.9 Å². The molecule has 0 amide bonds. The summed E-state index contributed by atoms with van der Waals surface area (Å²) in [5, 5.41) is 9.15. The lowest BCUT2D eigenvalue weighted by Gasteiger charge is -2.24. The molecule has 2 aromatic rings. The van der Waals surface area contributed by atoms with E-state index in [0.717, 1.165) is 0 Å². The third kappa shape index (κ3) is 2.70. The molecular weight excluding hydrogens is 247 g/mol. The zero-order valence-electron chi connectivity index (χ0n) is 10.4. The predicted octanol–water partition coefficient (Wildman–Crippen LogP) is 3.08. The highest BCUT2D eigenvalue weighted by atomic mass is 19.1. The highest BCUT2D eigenvalue weighted by Gasteiger charge is 2.17. The molecule has 0 radical (unpaired) electrons. The van der Waals surface area contributed by atoms with Crippen molar-refractivity contribution in [2.75, 3.05) is 11.4 Å². The molecule has 0 fully saturated rings. The van der Waals surface area contributed by atoms with E-state index in [-0.39, 0.29) is 11.5 Å². The monoisotopic (exact) mass is 260 g/mol. The summed E-state index contributed by atoms with van der Waals surface area (Å²) >= 11 is 0. The molecule has 0 bridgehead atoms. The van der Waals surface area contributed by atoms with Crippen molar-refractivity contribution in [3.8, 4) is 0 Å². The molecule has 19 heavy (non-hydrogen) atoms. The first-order chi connectivity index (χ1) is 9.13. The number of halogens is 1. The quantitative estimate of drug-likeness (QED) is 0.917. The summed E-state index contributed by atoms with van der Waals surface area (Å²) in [7, 11) is 0. The number of nitrogens with zero attached hydrogens (tertiary/aromatic N) is 2. The molecule has 0 saturated heterocycles. The van der Waals surface area contributed by atoms with Crippen molar-refractivity contribution in [3.05, 3.63) is 54.1 Å². The third-order valence-corrected chi connectivity index (χ3v) is 2.72. The minimum absolute atomic E-state index is 0.0476. The Balaban J connectivity index is 2.51. The number of aromatic carboxylic acids is 1. The molecule has 0 aliphatic rings. The standard InChI is InChI=1S/C14H13FN2O2/c1-2-17(11-6-3-5-10(15)9-11)12-7-4-8-16-13(12)14(18)19/h3-9H,2H2,1H3,(H,18,19). The molecule has 0 aliphatic carbocycles. The van der Waals surface area contributed by atoms with Crippen LogP contribution in [0.25, 0.3) is 0 Å². The van der Waals surface area contributed by atoms with Crippen LogP contribution in [0.15, 0.2) is 42.6 Å². The number of carboxylic acid groups (broad SMARTS) is 1. The number of benzene rings is 1. The van der Waals surface area contributed by atoms with Crippen molar-refractivity contribution in [1.29, 1.82) is 0 Å². The van der Waals surface area contributed by atoms with Crippen LogP contribution in [0.4, 0.5) is 15.8 Å². The van der Waals surface area contributed by atoms with Crippen LogP contribution in [0.2, 0.25) is 0 Å². The number of rotatable bonds is 4. The summed E-state index contributed by atoms with van der Waals surface area (Å²) in [6.07, 6.45) is 1.42. The third-order valence-electron chi connectivity index (χ3n) is 2.72. The van der Waals surface area contributed by atoms with E-state index >= 15 is 0 Å². The summed E-state index contributed by atoms with van der Waals surface area (Å²) < 4.78 is 13.3. The van der Waals surface area contributed by atoms with Crippen molar-refractivity contribution >= 4 is 17.3 Å². The fourth-order valence-electron chi connectivity index (χ4n) is 1.92. The number of carbonyl (C=O) groups is 1. The predicted molar refractivity (Wildman–Crippen MR) is 70.3 cm³/mol. The molecule has 1 aromatic heterocycles. The highest BCUT2D eigenvalue weighted by Crippen LogP contribution is 2.27. The number of aromatic nitrogens is 1. The molecule has 0 unspecified atom stereocenters. The van der Waals surface area contributed by atoms with E-state index in [1.807, 2.05) is 6.92 Å². The van der Waals surface area contributed by atoms with Gasteiger partial charge in [0.05, 0.1) is 5.69 Å². The first-order valence-corrected chi connectivity index (χ1v) is 5.85. The summed E-state index contributed by atoms with van der Waals surface area (Å²) in [5.74, 6) is -1.47. The van der Waals surface area contributed by atoms with Crippen molar-refractivity contribution in [2.45, 2.75) is 6.92 Å². The number of hydrogen-bond donors (Lipinski definition) is 1. The molecular formula is C14H13FN2O2. The summed E-state index contributed by atoms with van der Waals surface area (Å²) in [6.45, 7) is 2.37. The van der Waals surface area contributed by atoms with Gasteiger partial charge in [0.25, 0.3) is 0 Å². The maximum atomic E-state index is 13.3. The Kier molecular flexibility index (Phi) is 3.75. The Morgan fingerprint density at radius 2 is 2.16 bits per heavy atom. The zero-order valence-corrected chi connectivity index (χ0v) is 10.4. The zero-order chi connectivity index (χ0) is 13.8. The van der Waals surface area contributed by atoms with Crippen LogP contribution >= 0.6 is 0 Å². The Hall–Kier alpha value is -2.43. The number of anilines is 2. The Morgan fingerprint density at radius 3 is 2.79 bits per heavy atom. The smallest absolute Gasteiger partial charge is 0.356 e. The average Bonchev–Trinajstić information content (AvgIpc) is 2.40. The first kappa shape index (κ1) is 13.0. The van der Waals surface area contributed by atoms with Gasteiger partial charge < -0.3 is 10.0 Å².